The summed E-state index contributed by atoms with van der Waals surface area (Å²) in [6.07, 6.45) is 4.40. The van der Waals surface area contributed by atoms with Crippen LogP contribution >= 0.6 is 0 Å². The van der Waals surface area contributed by atoms with E-state index in [1.807, 2.05) is 0 Å². The van der Waals surface area contributed by atoms with Gasteiger partial charge in [0.2, 0.25) is 5.91 Å². The van der Waals surface area contributed by atoms with E-state index in [2.05, 4.69) is 10.3 Å². The Hall–Kier alpha value is -2.95. The maximum Gasteiger partial charge on any atom is 0.330 e. The maximum absolute atomic E-state index is 11.8. The number of benzene rings is 1. The van der Waals surface area contributed by atoms with Crippen LogP contribution in [0.4, 0.5) is 0 Å². The van der Waals surface area contributed by atoms with E-state index >= 15 is 0 Å². The van der Waals surface area contributed by atoms with Crippen LogP contribution in [0.25, 0.3) is 6.08 Å². The highest BCUT2D eigenvalue weighted by atomic mass is 16.4. The Bertz CT molecular complexity index is 639. The van der Waals surface area contributed by atoms with Crippen LogP contribution in [0.3, 0.4) is 0 Å². The summed E-state index contributed by atoms with van der Waals surface area (Å²) in [7, 11) is 0. The van der Waals surface area contributed by atoms with Crippen LogP contribution in [-0.4, -0.2) is 22.0 Å². The van der Waals surface area contributed by atoms with Gasteiger partial charge in [-0.05, 0) is 23.8 Å². The normalized spacial score (nSPS) is 12.0. The topological polar surface area (TPSA) is 79.3 Å². The number of rotatable bonds is 5. The molecular weight excluding hydrogens is 268 g/mol. The summed E-state index contributed by atoms with van der Waals surface area (Å²) < 4.78 is 0. The van der Waals surface area contributed by atoms with Crippen LogP contribution in [0.15, 0.2) is 60.8 Å². The number of carboxylic acids is 1. The van der Waals surface area contributed by atoms with Crippen molar-refractivity contribution in [3.05, 3.63) is 72.1 Å². The monoisotopic (exact) mass is 282 g/mol. The number of aromatic nitrogens is 1. The Kier molecular flexibility index (Phi) is 4.82. The number of nitrogens with one attached hydrogen (secondary N) is 1. The number of amides is 1. The molecule has 106 valence electrons. The first kappa shape index (κ1) is 14.5. The Morgan fingerprint density at radius 2 is 1.81 bits per heavy atom. The fourth-order valence-electron chi connectivity index (χ4n) is 1.76. The van der Waals surface area contributed by atoms with Gasteiger partial charge in [0.15, 0.2) is 6.04 Å². The molecule has 2 N–H and O–H groups in total. The predicted octanol–water partition coefficient (Wildman–Crippen LogP) is 2.04. The lowest BCUT2D eigenvalue weighted by Gasteiger charge is -2.13. The molecule has 0 aliphatic heterocycles. The van der Waals surface area contributed by atoms with Gasteiger partial charge in [0, 0.05) is 12.3 Å². The Balaban J connectivity index is 2.06. The van der Waals surface area contributed by atoms with Crippen molar-refractivity contribution in [2.24, 2.45) is 0 Å². The molecule has 5 heteroatoms. The third kappa shape index (κ3) is 4.28. The first-order valence-electron chi connectivity index (χ1n) is 6.34. The second-order valence-corrected chi connectivity index (χ2v) is 4.28. The van der Waals surface area contributed by atoms with E-state index < -0.39 is 17.9 Å². The van der Waals surface area contributed by atoms with E-state index in [9.17, 15) is 14.7 Å². The van der Waals surface area contributed by atoms with E-state index in [0.29, 0.717) is 11.3 Å². The second kappa shape index (κ2) is 7.00. The van der Waals surface area contributed by atoms with Crippen molar-refractivity contribution in [2.75, 3.05) is 0 Å². The minimum atomic E-state index is -1.11. The first-order chi connectivity index (χ1) is 10.2. The third-order valence-electron chi connectivity index (χ3n) is 2.76. The van der Waals surface area contributed by atoms with Crippen LogP contribution < -0.4 is 5.32 Å². The first-order valence-corrected chi connectivity index (χ1v) is 6.34. The van der Waals surface area contributed by atoms with Gasteiger partial charge in [-0.25, -0.2) is 4.79 Å². The number of hydrogen-bond acceptors (Lipinski definition) is 3. The summed E-state index contributed by atoms with van der Waals surface area (Å²) >= 11 is 0. The number of carbonyl (C=O) groups excluding carboxylic acids is 1. The minimum Gasteiger partial charge on any atom is -0.479 e. The molecular formula is C16H14N2O3. The molecule has 1 amide bonds. The number of pyridine rings is 1. The molecule has 0 spiro atoms. The molecule has 1 atom stereocenters. The van der Waals surface area contributed by atoms with Crippen LogP contribution in [0.2, 0.25) is 0 Å². The lowest BCUT2D eigenvalue weighted by atomic mass is 10.1. The molecule has 0 radical (unpaired) electrons. The van der Waals surface area contributed by atoms with Gasteiger partial charge < -0.3 is 10.4 Å². The number of aliphatic carboxylic acids is 1. The van der Waals surface area contributed by atoms with Crippen molar-refractivity contribution in [1.82, 2.24) is 10.3 Å². The molecule has 0 aliphatic rings. The smallest absolute Gasteiger partial charge is 0.330 e. The summed E-state index contributed by atoms with van der Waals surface area (Å²) in [5.74, 6) is -1.60. The largest absolute Gasteiger partial charge is 0.479 e. The molecule has 0 saturated heterocycles. The summed E-state index contributed by atoms with van der Waals surface area (Å²) in [6, 6.07) is 12.8. The van der Waals surface area contributed by atoms with Crippen molar-refractivity contribution >= 4 is 18.0 Å². The molecule has 0 saturated carbocycles. The SMILES string of the molecule is O=C(C=Cc1ccccn1)NC(C(=O)O)c1ccccc1. The molecule has 0 fully saturated rings. The standard InChI is InChI=1S/C16H14N2O3/c19-14(10-9-13-8-4-5-11-17-13)18-15(16(20)21)12-6-2-1-3-7-12/h1-11,15H,(H,18,19)(H,20,21). The van der Waals surface area contributed by atoms with Gasteiger partial charge in [0.05, 0.1) is 5.69 Å². The zero-order chi connectivity index (χ0) is 15.1. The summed E-state index contributed by atoms with van der Waals surface area (Å²) in [5.41, 5.74) is 1.14. The van der Waals surface area contributed by atoms with Gasteiger partial charge in [-0.2, -0.15) is 0 Å². The van der Waals surface area contributed by atoms with Crippen LogP contribution in [0.1, 0.15) is 17.3 Å². The zero-order valence-electron chi connectivity index (χ0n) is 11.1. The Labute approximate surface area is 122 Å². The number of hydrogen-bond donors (Lipinski definition) is 2. The van der Waals surface area contributed by atoms with Crippen molar-refractivity contribution in [3.63, 3.8) is 0 Å². The second-order valence-electron chi connectivity index (χ2n) is 4.28. The molecule has 1 aromatic carbocycles. The van der Waals surface area contributed by atoms with E-state index in [0.717, 1.165) is 0 Å². The Morgan fingerprint density at radius 3 is 2.43 bits per heavy atom. The summed E-state index contributed by atoms with van der Waals surface area (Å²) in [5, 5.41) is 11.7. The number of carbonyl (C=O) groups is 2. The fourth-order valence-corrected chi connectivity index (χ4v) is 1.76. The quantitative estimate of drug-likeness (QED) is 0.822. The average Bonchev–Trinajstić information content (AvgIpc) is 2.52. The summed E-state index contributed by atoms with van der Waals surface area (Å²) in [4.78, 5) is 27.1. The van der Waals surface area contributed by atoms with E-state index in [1.165, 1.54) is 12.2 Å². The molecule has 1 aromatic heterocycles. The highest BCUT2D eigenvalue weighted by Gasteiger charge is 2.20. The lowest BCUT2D eigenvalue weighted by molar-refractivity contribution is -0.141. The molecule has 1 heterocycles. The van der Waals surface area contributed by atoms with Crippen LogP contribution in [-0.2, 0) is 9.59 Å². The minimum absolute atomic E-state index is 0.489. The number of carboxylic acid groups (broad SMARTS) is 1. The van der Waals surface area contributed by atoms with E-state index in [1.54, 1.807) is 54.7 Å². The van der Waals surface area contributed by atoms with E-state index in [4.69, 9.17) is 0 Å². The summed E-state index contributed by atoms with van der Waals surface area (Å²) in [6.45, 7) is 0. The molecule has 5 nitrogen and oxygen atoms in total. The van der Waals surface area contributed by atoms with Crippen molar-refractivity contribution in [3.8, 4) is 0 Å². The van der Waals surface area contributed by atoms with E-state index in [-0.39, 0.29) is 0 Å². The molecule has 1 unspecified atom stereocenters. The molecule has 2 aromatic rings. The van der Waals surface area contributed by atoms with Gasteiger partial charge in [-0.3, -0.25) is 9.78 Å². The molecule has 21 heavy (non-hydrogen) atoms. The van der Waals surface area contributed by atoms with Crippen molar-refractivity contribution in [2.45, 2.75) is 6.04 Å². The Morgan fingerprint density at radius 1 is 1.10 bits per heavy atom. The third-order valence-corrected chi connectivity index (χ3v) is 2.76. The van der Waals surface area contributed by atoms with Gasteiger partial charge in [-0.15, -0.1) is 0 Å². The molecule has 0 aliphatic carbocycles. The maximum atomic E-state index is 11.8. The predicted molar refractivity (Wildman–Crippen MR) is 78.2 cm³/mol. The van der Waals surface area contributed by atoms with Gasteiger partial charge in [0.1, 0.15) is 0 Å². The van der Waals surface area contributed by atoms with Crippen LogP contribution in [0, 0.1) is 0 Å². The zero-order valence-corrected chi connectivity index (χ0v) is 11.1. The molecule has 2 rings (SSSR count). The lowest BCUT2D eigenvalue weighted by Crippen LogP contribution is -2.32. The number of nitrogens with zero attached hydrogens (tertiary/aromatic N) is 1. The average molecular weight is 282 g/mol. The highest BCUT2D eigenvalue weighted by Crippen LogP contribution is 2.12. The highest BCUT2D eigenvalue weighted by molar-refractivity contribution is 5.94. The van der Waals surface area contributed by atoms with Gasteiger partial charge in [0.25, 0.3) is 0 Å². The van der Waals surface area contributed by atoms with Gasteiger partial charge in [-0.1, -0.05) is 36.4 Å². The van der Waals surface area contributed by atoms with Crippen LogP contribution in [0.5, 0.6) is 0 Å². The fraction of sp³-hybridized carbons (Fsp3) is 0.0625. The van der Waals surface area contributed by atoms with Gasteiger partial charge >= 0.3 is 5.97 Å². The molecule has 0 bridgehead atoms. The van der Waals surface area contributed by atoms with Crippen molar-refractivity contribution < 1.29 is 14.7 Å². The van der Waals surface area contributed by atoms with Crippen molar-refractivity contribution in [1.29, 1.82) is 0 Å².